The molecular weight excluding hydrogens is 178 g/mol. The lowest BCUT2D eigenvalue weighted by Crippen LogP contribution is -2.45. The zero-order valence-electron chi connectivity index (χ0n) is 8.29. The number of hydrogen-bond acceptors (Lipinski definition) is 3. The van der Waals surface area contributed by atoms with Crippen LogP contribution in [0, 0.1) is 28.1 Å². The van der Waals surface area contributed by atoms with Gasteiger partial charge in [-0.05, 0) is 19.3 Å². The minimum absolute atomic E-state index is 0.124. The Hall–Kier alpha value is -1.55. The number of rotatable bonds is 3. The lowest BCUT2D eigenvalue weighted by atomic mass is 9.69. The highest BCUT2D eigenvalue weighted by molar-refractivity contribution is 5.86. The van der Waals surface area contributed by atoms with Crippen molar-refractivity contribution in [3.63, 3.8) is 0 Å². The molecule has 1 fully saturated rings. The Bertz CT molecular complexity index is 306. The number of nitriles is 2. The molecule has 0 aromatic heterocycles. The van der Waals surface area contributed by atoms with Gasteiger partial charge in [-0.1, -0.05) is 0 Å². The summed E-state index contributed by atoms with van der Waals surface area (Å²) in [7, 11) is 1.65. The summed E-state index contributed by atoms with van der Waals surface area (Å²) in [6, 6.07) is 4.08. The molecule has 0 heterocycles. The van der Waals surface area contributed by atoms with E-state index < -0.39 is 5.41 Å². The van der Waals surface area contributed by atoms with E-state index in [9.17, 15) is 4.79 Å². The molecule has 1 saturated carbocycles. The summed E-state index contributed by atoms with van der Waals surface area (Å²) in [6.07, 6.45) is 2.60. The molecule has 0 aliphatic heterocycles. The van der Waals surface area contributed by atoms with E-state index in [1.807, 2.05) is 6.07 Å². The second-order valence-electron chi connectivity index (χ2n) is 3.68. The molecule has 1 aliphatic carbocycles. The van der Waals surface area contributed by atoms with Crippen molar-refractivity contribution < 1.29 is 4.79 Å². The van der Waals surface area contributed by atoms with Gasteiger partial charge in [0, 0.05) is 13.6 Å². The van der Waals surface area contributed by atoms with Crippen molar-refractivity contribution in [2.75, 3.05) is 13.6 Å². The van der Waals surface area contributed by atoms with Gasteiger partial charge in [0.25, 0.3) is 0 Å². The van der Waals surface area contributed by atoms with Crippen molar-refractivity contribution in [2.45, 2.75) is 25.7 Å². The largest absolute Gasteiger partial charge is 0.343 e. The third-order valence-electron chi connectivity index (χ3n) is 2.74. The molecule has 74 valence electrons. The fourth-order valence-corrected chi connectivity index (χ4v) is 1.59. The van der Waals surface area contributed by atoms with Gasteiger partial charge in [-0.15, -0.1) is 0 Å². The zero-order chi connectivity index (χ0) is 10.6. The van der Waals surface area contributed by atoms with Crippen LogP contribution in [0.3, 0.4) is 0 Å². The normalized spacial score (nSPS) is 17.4. The van der Waals surface area contributed by atoms with E-state index in [1.165, 1.54) is 4.90 Å². The van der Waals surface area contributed by atoms with Crippen molar-refractivity contribution in [3.05, 3.63) is 0 Å². The number of hydrogen-bond donors (Lipinski definition) is 0. The first-order valence-electron chi connectivity index (χ1n) is 4.70. The van der Waals surface area contributed by atoms with E-state index >= 15 is 0 Å². The van der Waals surface area contributed by atoms with Crippen LogP contribution in [0.25, 0.3) is 0 Å². The van der Waals surface area contributed by atoms with E-state index in [0.29, 0.717) is 25.8 Å². The van der Waals surface area contributed by atoms with E-state index in [4.69, 9.17) is 10.5 Å². The van der Waals surface area contributed by atoms with Crippen molar-refractivity contribution >= 4 is 5.91 Å². The minimum atomic E-state index is -0.774. The molecule has 0 bridgehead atoms. The number of carbonyl (C=O) groups is 1. The van der Waals surface area contributed by atoms with Crippen molar-refractivity contribution in [3.8, 4) is 12.1 Å². The van der Waals surface area contributed by atoms with E-state index in [-0.39, 0.29) is 5.91 Å². The van der Waals surface area contributed by atoms with Crippen LogP contribution in [0.1, 0.15) is 25.7 Å². The number of amides is 1. The summed E-state index contributed by atoms with van der Waals surface area (Å²) in [5, 5.41) is 17.3. The van der Waals surface area contributed by atoms with Crippen molar-refractivity contribution in [1.82, 2.24) is 4.90 Å². The molecule has 0 aromatic carbocycles. The fraction of sp³-hybridized carbons (Fsp3) is 0.700. The Balaban J connectivity index is 2.57. The summed E-state index contributed by atoms with van der Waals surface area (Å²) < 4.78 is 0. The van der Waals surface area contributed by atoms with Crippen LogP contribution in [0.5, 0.6) is 0 Å². The monoisotopic (exact) mass is 191 g/mol. The Morgan fingerprint density at radius 3 is 2.50 bits per heavy atom. The van der Waals surface area contributed by atoms with E-state index in [1.54, 1.807) is 7.05 Å². The average molecular weight is 191 g/mol. The zero-order valence-corrected chi connectivity index (χ0v) is 8.29. The van der Waals surface area contributed by atoms with Crippen LogP contribution in [0.2, 0.25) is 0 Å². The average Bonchev–Trinajstić information content (AvgIpc) is 2.13. The molecular formula is C10H13N3O. The number of carbonyl (C=O) groups excluding carboxylic acids is 1. The molecule has 1 aliphatic rings. The maximum absolute atomic E-state index is 11.8. The Labute approximate surface area is 83.7 Å². The molecule has 0 unspecified atom stereocenters. The molecule has 4 nitrogen and oxygen atoms in total. The predicted octanol–water partition coefficient (Wildman–Crippen LogP) is 1.05. The third kappa shape index (κ3) is 1.70. The molecule has 1 amide bonds. The van der Waals surface area contributed by atoms with Gasteiger partial charge in [-0.2, -0.15) is 10.5 Å². The molecule has 4 heteroatoms. The van der Waals surface area contributed by atoms with Crippen LogP contribution in [-0.2, 0) is 4.79 Å². The molecule has 0 aromatic rings. The Kier molecular flexibility index (Phi) is 3.09. The molecule has 0 atom stereocenters. The molecule has 0 N–H and O–H groups in total. The first kappa shape index (κ1) is 10.5. The van der Waals surface area contributed by atoms with Gasteiger partial charge in [0.1, 0.15) is 5.41 Å². The second kappa shape index (κ2) is 4.11. The standard InChI is InChI=1S/C10H13N3O/c1-13(7-3-6-11)9(14)10(8-12)4-2-5-10/h2-5,7H2,1H3. The maximum Gasteiger partial charge on any atom is 0.242 e. The predicted molar refractivity (Wildman–Crippen MR) is 49.8 cm³/mol. The van der Waals surface area contributed by atoms with E-state index in [0.717, 1.165) is 6.42 Å². The highest BCUT2D eigenvalue weighted by Gasteiger charge is 2.45. The quantitative estimate of drug-likeness (QED) is 0.669. The Morgan fingerprint density at radius 1 is 1.50 bits per heavy atom. The summed E-state index contributed by atoms with van der Waals surface area (Å²) in [4.78, 5) is 13.3. The second-order valence-corrected chi connectivity index (χ2v) is 3.68. The maximum atomic E-state index is 11.8. The summed E-state index contributed by atoms with van der Waals surface area (Å²) in [6.45, 7) is 0.415. The highest BCUT2D eigenvalue weighted by atomic mass is 16.2. The van der Waals surface area contributed by atoms with Gasteiger partial charge >= 0.3 is 0 Å². The fourth-order valence-electron chi connectivity index (χ4n) is 1.59. The topological polar surface area (TPSA) is 67.9 Å². The summed E-state index contributed by atoms with van der Waals surface area (Å²) in [5.74, 6) is -0.124. The van der Waals surface area contributed by atoms with Crippen LogP contribution < -0.4 is 0 Å². The number of nitrogens with zero attached hydrogens (tertiary/aromatic N) is 3. The van der Waals surface area contributed by atoms with Gasteiger partial charge in [0.2, 0.25) is 5.91 Å². The molecule has 14 heavy (non-hydrogen) atoms. The summed E-state index contributed by atoms with van der Waals surface area (Å²) >= 11 is 0. The van der Waals surface area contributed by atoms with Crippen LogP contribution in [-0.4, -0.2) is 24.4 Å². The van der Waals surface area contributed by atoms with Gasteiger partial charge < -0.3 is 4.90 Å². The van der Waals surface area contributed by atoms with Crippen molar-refractivity contribution in [2.24, 2.45) is 5.41 Å². The van der Waals surface area contributed by atoms with Crippen LogP contribution in [0.4, 0.5) is 0 Å². The van der Waals surface area contributed by atoms with Gasteiger partial charge in [0.15, 0.2) is 0 Å². The van der Waals surface area contributed by atoms with Gasteiger partial charge in [0.05, 0.1) is 18.6 Å². The first-order valence-corrected chi connectivity index (χ1v) is 4.70. The lowest BCUT2D eigenvalue weighted by molar-refractivity contribution is -0.141. The highest BCUT2D eigenvalue weighted by Crippen LogP contribution is 2.41. The molecule has 0 saturated heterocycles. The third-order valence-corrected chi connectivity index (χ3v) is 2.74. The van der Waals surface area contributed by atoms with Crippen LogP contribution >= 0.6 is 0 Å². The summed E-state index contributed by atoms with van der Waals surface area (Å²) in [5.41, 5.74) is -0.774. The van der Waals surface area contributed by atoms with E-state index in [2.05, 4.69) is 6.07 Å². The lowest BCUT2D eigenvalue weighted by Gasteiger charge is -2.36. The van der Waals surface area contributed by atoms with Gasteiger partial charge in [-0.25, -0.2) is 0 Å². The first-order chi connectivity index (χ1) is 6.66. The smallest absolute Gasteiger partial charge is 0.242 e. The molecule has 0 spiro atoms. The van der Waals surface area contributed by atoms with Gasteiger partial charge in [-0.3, -0.25) is 4.79 Å². The molecule has 0 radical (unpaired) electrons. The SMILES string of the molecule is CN(CCC#N)C(=O)C1(C#N)CCC1. The van der Waals surface area contributed by atoms with Crippen LogP contribution in [0.15, 0.2) is 0 Å². The Morgan fingerprint density at radius 2 is 2.14 bits per heavy atom. The minimum Gasteiger partial charge on any atom is -0.343 e. The molecule has 1 rings (SSSR count). The van der Waals surface area contributed by atoms with Crippen molar-refractivity contribution in [1.29, 1.82) is 10.5 Å².